The van der Waals surface area contributed by atoms with E-state index in [0.29, 0.717) is 5.69 Å². The third-order valence-corrected chi connectivity index (χ3v) is 3.04. The highest BCUT2D eigenvalue weighted by molar-refractivity contribution is 5.86. The van der Waals surface area contributed by atoms with Crippen molar-refractivity contribution in [1.29, 1.82) is 0 Å². The molecule has 0 fully saturated rings. The van der Waals surface area contributed by atoms with Crippen molar-refractivity contribution in [3.05, 3.63) is 23.5 Å². The quantitative estimate of drug-likeness (QED) is 0.802. The molecule has 0 aliphatic carbocycles. The van der Waals surface area contributed by atoms with Gasteiger partial charge < -0.3 is 9.67 Å². The molecule has 90 valence electrons. The van der Waals surface area contributed by atoms with E-state index in [2.05, 4.69) is 20.8 Å². The fourth-order valence-electron chi connectivity index (χ4n) is 1.93. The Morgan fingerprint density at radius 1 is 1.44 bits per heavy atom. The lowest BCUT2D eigenvalue weighted by molar-refractivity contribution is 0.0682. The van der Waals surface area contributed by atoms with Gasteiger partial charge in [-0.1, -0.05) is 20.3 Å². The van der Waals surface area contributed by atoms with Gasteiger partial charge in [0.1, 0.15) is 5.69 Å². The fraction of sp³-hybridized carbons (Fsp3) is 0.615. The molecule has 0 radical (unpaired) electrons. The summed E-state index contributed by atoms with van der Waals surface area (Å²) in [7, 11) is 0. The number of carbonyl (C=O) groups is 1. The first-order valence-corrected chi connectivity index (χ1v) is 6.05. The highest BCUT2D eigenvalue weighted by Gasteiger charge is 2.16. The van der Waals surface area contributed by atoms with Crippen LogP contribution in [0.1, 0.15) is 62.3 Å². The van der Waals surface area contributed by atoms with E-state index in [1.54, 1.807) is 6.07 Å². The summed E-state index contributed by atoms with van der Waals surface area (Å²) < 4.78 is 1.97. The van der Waals surface area contributed by atoms with Gasteiger partial charge in [0.05, 0.1) is 0 Å². The molecule has 0 unspecified atom stereocenters. The second kappa shape index (κ2) is 5.73. The van der Waals surface area contributed by atoms with Crippen LogP contribution < -0.4 is 0 Å². The van der Waals surface area contributed by atoms with Crippen molar-refractivity contribution >= 4 is 5.97 Å². The van der Waals surface area contributed by atoms with Crippen LogP contribution in [0.5, 0.6) is 0 Å². The Morgan fingerprint density at radius 3 is 2.62 bits per heavy atom. The number of aryl methyl sites for hydroxylation is 1. The third-order valence-electron chi connectivity index (χ3n) is 3.04. The van der Waals surface area contributed by atoms with E-state index < -0.39 is 5.97 Å². The Kier molecular flexibility index (Phi) is 4.59. The van der Waals surface area contributed by atoms with Crippen LogP contribution >= 0.6 is 0 Å². The molecule has 0 aliphatic heterocycles. The number of nitrogens with zero attached hydrogens (tertiary/aromatic N) is 1. The van der Waals surface area contributed by atoms with Crippen molar-refractivity contribution in [3.8, 4) is 0 Å². The molecule has 1 aromatic rings. The van der Waals surface area contributed by atoms with Crippen LogP contribution in [-0.2, 0) is 6.42 Å². The van der Waals surface area contributed by atoms with Crippen LogP contribution in [-0.4, -0.2) is 15.6 Å². The summed E-state index contributed by atoms with van der Waals surface area (Å²) in [4.78, 5) is 11.1. The third kappa shape index (κ3) is 2.65. The molecule has 16 heavy (non-hydrogen) atoms. The minimum absolute atomic E-state index is 0.257. The Balaban J connectivity index is 3.04. The highest BCUT2D eigenvalue weighted by atomic mass is 16.4. The standard InChI is InChI=1S/C13H21NO2/c1-4-6-7-11-8-9-12(13(15)16)14(11)10(3)5-2/h8-10H,4-7H2,1-3H3,(H,15,16)/t10-/m0/s1. The highest BCUT2D eigenvalue weighted by Crippen LogP contribution is 2.20. The van der Waals surface area contributed by atoms with Crippen LogP contribution in [0.3, 0.4) is 0 Å². The van der Waals surface area contributed by atoms with E-state index in [0.717, 1.165) is 31.4 Å². The van der Waals surface area contributed by atoms with Gasteiger partial charge in [0.25, 0.3) is 0 Å². The van der Waals surface area contributed by atoms with Gasteiger partial charge in [0.15, 0.2) is 0 Å². The van der Waals surface area contributed by atoms with E-state index in [1.807, 2.05) is 10.6 Å². The van der Waals surface area contributed by atoms with E-state index in [1.165, 1.54) is 0 Å². The topological polar surface area (TPSA) is 42.2 Å². The average Bonchev–Trinajstić information content (AvgIpc) is 2.69. The first-order valence-electron chi connectivity index (χ1n) is 6.05. The SMILES string of the molecule is CCCCc1ccc(C(=O)O)n1[C@@H](C)CC. The maximum Gasteiger partial charge on any atom is 0.352 e. The lowest BCUT2D eigenvalue weighted by Crippen LogP contribution is -2.14. The van der Waals surface area contributed by atoms with Crippen molar-refractivity contribution in [3.63, 3.8) is 0 Å². The van der Waals surface area contributed by atoms with Crippen LogP contribution in [0.2, 0.25) is 0 Å². The number of carboxylic acids is 1. The molecule has 1 aromatic heterocycles. The van der Waals surface area contributed by atoms with E-state index in [-0.39, 0.29) is 6.04 Å². The Labute approximate surface area is 97.1 Å². The summed E-state index contributed by atoms with van der Waals surface area (Å²) >= 11 is 0. The zero-order chi connectivity index (χ0) is 12.1. The summed E-state index contributed by atoms with van der Waals surface area (Å²) in [5.74, 6) is -0.831. The van der Waals surface area contributed by atoms with Crippen molar-refractivity contribution in [1.82, 2.24) is 4.57 Å². The van der Waals surface area contributed by atoms with Crippen molar-refractivity contribution in [2.75, 3.05) is 0 Å². The summed E-state index contributed by atoms with van der Waals surface area (Å²) in [6.07, 6.45) is 4.16. The van der Waals surface area contributed by atoms with Gasteiger partial charge in [0.2, 0.25) is 0 Å². The first-order chi connectivity index (χ1) is 7.61. The van der Waals surface area contributed by atoms with Gasteiger partial charge in [-0.3, -0.25) is 0 Å². The molecule has 0 amide bonds. The van der Waals surface area contributed by atoms with Crippen molar-refractivity contribution in [2.24, 2.45) is 0 Å². The van der Waals surface area contributed by atoms with Gasteiger partial charge in [-0.05, 0) is 38.3 Å². The summed E-state index contributed by atoms with van der Waals surface area (Å²) in [6.45, 7) is 6.30. The maximum absolute atomic E-state index is 11.1. The number of carboxylic acid groups (broad SMARTS) is 1. The van der Waals surface area contributed by atoms with Crippen LogP contribution in [0, 0.1) is 0 Å². The molecular formula is C13H21NO2. The summed E-state index contributed by atoms with van der Waals surface area (Å²) in [6, 6.07) is 3.93. The van der Waals surface area contributed by atoms with Gasteiger partial charge in [-0.2, -0.15) is 0 Å². The lowest BCUT2D eigenvalue weighted by atomic mass is 10.2. The van der Waals surface area contributed by atoms with Crippen LogP contribution in [0.15, 0.2) is 12.1 Å². The van der Waals surface area contributed by atoms with Gasteiger partial charge in [0, 0.05) is 11.7 Å². The first kappa shape index (κ1) is 12.8. The van der Waals surface area contributed by atoms with Gasteiger partial charge in [-0.15, -0.1) is 0 Å². The summed E-state index contributed by atoms with van der Waals surface area (Å²) in [5.41, 5.74) is 1.56. The molecule has 0 saturated carbocycles. The molecule has 1 N–H and O–H groups in total. The molecule has 0 aliphatic rings. The van der Waals surface area contributed by atoms with E-state index >= 15 is 0 Å². The predicted molar refractivity (Wildman–Crippen MR) is 65.0 cm³/mol. The second-order valence-corrected chi connectivity index (χ2v) is 4.25. The van der Waals surface area contributed by atoms with E-state index in [4.69, 9.17) is 5.11 Å². The smallest absolute Gasteiger partial charge is 0.352 e. The molecule has 0 saturated heterocycles. The molecule has 0 bridgehead atoms. The number of hydrogen-bond acceptors (Lipinski definition) is 1. The number of unbranched alkanes of at least 4 members (excludes halogenated alkanes) is 1. The predicted octanol–water partition coefficient (Wildman–Crippen LogP) is 3.50. The maximum atomic E-state index is 11.1. The lowest BCUT2D eigenvalue weighted by Gasteiger charge is -2.17. The van der Waals surface area contributed by atoms with Crippen molar-refractivity contribution in [2.45, 2.75) is 52.5 Å². The van der Waals surface area contributed by atoms with Gasteiger partial charge in [-0.25, -0.2) is 4.79 Å². The van der Waals surface area contributed by atoms with Crippen molar-refractivity contribution < 1.29 is 9.90 Å². The monoisotopic (exact) mass is 223 g/mol. The Hall–Kier alpha value is -1.25. The molecule has 0 spiro atoms. The van der Waals surface area contributed by atoms with E-state index in [9.17, 15) is 4.79 Å². The largest absolute Gasteiger partial charge is 0.477 e. The minimum Gasteiger partial charge on any atom is -0.477 e. The number of aromatic nitrogens is 1. The number of hydrogen-bond donors (Lipinski definition) is 1. The zero-order valence-corrected chi connectivity index (χ0v) is 10.4. The second-order valence-electron chi connectivity index (χ2n) is 4.25. The van der Waals surface area contributed by atoms with Crippen LogP contribution in [0.4, 0.5) is 0 Å². The summed E-state index contributed by atoms with van der Waals surface area (Å²) in [5, 5.41) is 9.13. The fourth-order valence-corrected chi connectivity index (χ4v) is 1.93. The number of rotatable bonds is 6. The van der Waals surface area contributed by atoms with Crippen LogP contribution in [0.25, 0.3) is 0 Å². The molecule has 1 atom stereocenters. The average molecular weight is 223 g/mol. The minimum atomic E-state index is -0.831. The number of aromatic carboxylic acids is 1. The normalized spacial score (nSPS) is 12.7. The molecule has 1 rings (SSSR count). The molecule has 1 heterocycles. The molecule has 0 aromatic carbocycles. The Bertz CT molecular complexity index is 355. The zero-order valence-electron chi connectivity index (χ0n) is 10.4. The van der Waals surface area contributed by atoms with Gasteiger partial charge >= 0.3 is 5.97 Å². The molecule has 3 heteroatoms. The molecular weight excluding hydrogens is 202 g/mol. The molecule has 3 nitrogen and oxygen atoms in total. The Morgan fingerprint density at radius 2 is 2.12 bits per heavy atom.